The van der Waals surface area contributed by atoms with Gasteiger partial charge in [-0.25, -0.2) is 0 Å². The number of carbonyl (C=O) groups is 1. The van der Waals surface area contributed by atoms with Gasteiger partial charge < -0.3 is 15.4 Å². The summed E-state index contributed by atoms with van der Waals surface area (Å²) >= 11 is 0. The fraction of sp³-hybridized carbons (Fsp3) is 0.900. The van der Waals surface area contributed by atoms with Gasteiger partial charge in [-0.2, -0.15) is 0 Å². The predicted molar refractivity (Wildman–Crippen MR) is 62.1 cm³/mol. The van der Waals surface area contributed by atoms with Gasteiger partial charge in [0.2, 0.25) is 0 Å². The fourth-order valence-corrected chi connectivity index (χ4v) is 1.78. The van der Waals surface area contributed by atoms with E-state index in [0.717, 1.165) is 19.4 Å². The summed E-state index contributed by atoms with van der Waals surface area (Å²) in [6.45, 7) is 3.02. The number of nitrogens with zero attached hydrogens (tertiary/aromatic N) is 1. The molecule has 1 saturated carbocycles. The van der Waals surface area contributed by atoms with E-state index < -0.39 is 6.10 Å². The van der Waals surface area contributed by atoms with Gasteiger partial charge >= 0.3 is 0 Å². The molecule has 15 heavy (non-hydrogen) atoms. The molecule has 1 aliphatic rings. The van der Waals surface area contributed by atoms with Crippen LogP contribution in [0.3, 0.4) is 0 Å². The molecule has 0 aromatic heterocycles. The summed E-state index contributed by atoms with van der Waals surface area (Å²) in [5.41, 5.74) is 5.46. The monoisotopic (exact) mass is 236 g/mol. The molecule has 0 saturated heterocycles. The van der Waals surface area contributed by atoms with Crippen LogP contribution in [0, 0.1) is 0 Å². The smallest absolute Gasteiger partial charge is 0.253 e. The Morgan fingerprint density at radius 2 is 2.20 bits per heavy atom. The Hall–Kier alpha value is -0.320. The molecular weight excluding hydrogens is 216 g/mol. The number of amides is 1. The average molecular weight is 237 g/mol. The highest BCUT2D eigenvalue weighted by atomic mass is 35.5. The molecule has 0 heterocycles. The van der Waals surface area contributed by atoms with Gasteiger partial charge in [0.15, 0.2) is 0 Å². The molecule has 1 unspecified atom stereocenters. The summed E-state index contributed by atoms with van der Waals surface area (Å²) in [6.07, 6.45) is 3.02. The lowest BCUT2D eigenvalue weighted by atomic mass is 9.91. The summed E-state index contributed by atoms with van der Waals surface area (Å²) < 4.78 is 5.05. The molecule has 0 spiro atoms. The van der Waals surface area contributed by atoms with Crippen LogP contribution in [0.2, 0.25) is 0 Å². The lowest BCUT2D eigenvalue weighted by Gasteiger charge is -2.38. The molecule has 1 atom stereocenters. The van der Waals surface area contributed by atoms with Gasteiger partial charge in [0, 0.05) is 26.2 Å². The van der Waals surface area contributed by atoms with Crippen LogP contribution >= 0.6 is 12.4 Å². The van der Waals surface area contributed by atoms with E-state index in [1.807, 2.05) is 11.8 Å². The minimum Gasteiger partial charge on any atom is -0.370 e. The quantitative estimate of drug-likeness (QED) is 0.768. The number of nitrogens with two attached hydrogens (primary N) is 1. The van der Waals surface area contributed by atoms with Crippen molar-refractivity contribution < 1.29 is 9.53 Å². The number of halogens is 1. The van der Waals surface area contributed by atoms with Gasteiger partial charge in [0.25, 0.3) is 5.91 Å². The van der Waals surface area contributed by atoms with Crippen LogP contribution in [0.1, 0.15) is 26.2 Å². The molecule has 1 rings (SSSR count). The maximum Gasteiger partial charge on any atom is 0.253 e. The van der Waals surface area contributed by atoms with Crippen molar-refractivity contribution in [3.8, 4) is 0 Å². The first-order valence-corrected chi connectivity index (χ1v) is 5.27. The number of carbonyl (C=O) groups excluding carboxylic acids is 1. The maximum atomic E-state index is 11.9. The summed E-state index contributed by atoms with van der Waals surface area (Å²) in [4.78, 5) is 13.8. The van der Waals surface area contributed by atoms with Crippen molar-refractivity contribution in [3.63, 3.8) is 0 Å². The van der Waals surface area contributed by atoms with E-state index in [1.165, 1.54) is 13.5 Å². The van der Waals surface area contributed by atoms with Crippen LogP contribution in [0.5, 0.6) is 0 Å². The minimum absolute atomic E-state index is 0. The molecule has 0 aromatic rings. The van der Waals surface area contributed by atoms with Crippen molar-refractivity contribution in [3.05, 3.63) is 0 Å². The first kappa shape index (κ1) is 14.7. The topological polar surface area (TPSA) is 55.6 Å². The van der Waals surface area contributed by atoms with Crippen LogP contribution in [0.25, 0.3) is 0 Å². The molecular formula is C10H21ClN2O2. The van der Waals surface area contributed by atoms with Crippen LogP contribution < -0.4 is 5.73 Å². The molecule has 0 aromatic carbocycles. The highest BCUT2D eigenvalue weighted by Crippen LogP contribution is 2.25. The second kappa shape index (κ2) is 7.04. The summed E-state index contributed by atoms with van der Waals surface area (Å²) in [6, 6.07) is 0.428. The number of rotatable bonds is 5. The Morgan fingerprint density at radius 1 is 1.60 bits per heavy atom. The standard InChI is InChI=1S/C10H20N2O2.ClH/c1-3-12(8-5-4-6-8)10(13)9(7-11)14-2;/h8-9H,3-7,11H2,1-2H3;1H. The molecule has 2 N–H and O–H groups in total. The second-order valence-corrected chi connectivity index (χ2v) is 3.67. The number of ether oxygens (including phenoxy) is 1. The molecule has 0 radical (unpaired) electrons. The summed E-state index contributed by atoms with van der Waals surface area (Å²) in [5, 5.41) is 0. The van der Waals surface area contributed by atoms with Gasteiger partial charge in [-0.3, -0.25) is 4.79 Å². The average Bonchev–Trinajstić information content (AvgIpc) is 2.12. The molecule has 1 aliphatic carbocycles. The summed E-state index contributed by atoms with van der Waals surface area (Å²) in [5.74, 6) is 0.0437. The van der Waals surface area contributed by atoms with Crippen LogP contribution in [0.4, 0.5) is 0 Å². The van der Waals surface area contributed by atoms with E-state index in [2.05, 4.69) is 0 Å². The van der Waals surface area contributed by atoms with Gasteiger partial charge in [-0.1, -0.05) is 0 Å². The Balaban J connectivity index is 0.00000196. The van der Waals surface area contributed by atoms with Crippen molar-refractivity contribution in [2.24, 2.45) is 5.73 Å². The second-order valence-electron chi connectivity index (χ2n) is 3.67. The first-order chi connectivity index (χ1) is 6.74. The maximum absolute atomic E-state index is 11.9. The normalized spacial score (nSPS) is 17.5. The zero-order valence-electron chi connectivity index (χ0n) is 9.44. The van der Waals surface area contributed by atoms with Crippen molar-refractivity contribution >= 4 is 18.3 Å². The molecule has 0 aliphatic heterocycles. The molecule has 0 bridgehead atoms. The molecule has 4 nitrogen and oxygen atoms in total. The SMILES string of the molecule is CCN(C(=O)C(CN)OC)C1CCC1.Cl. The highest BCUT2D eigenvalue weighted by molar-refractivity contribution is 5.85. The van der Waals surface area contributed by atoms with E-state index in [9.17, 15) is 4.79 Å². The Bertz CT molecular complexity index is 194. The Labute approximate surface area is 97.5 Å². The van der Waals surface area contributed by atoms with E-state index in [-0.39, 0.29) is 24.9 Å². The van der Waals surface area contributed by atoms with Gasteiger partial charge in [-0.05, 0) is 26.2 Å². The molecule has 1 fully saturated rings. The zero-order valence-corrected chi connectivity index (χ0v) is 10.3. The highest BCUT2D eigenvalue weighted by Gasteiger charge is 2.31. The van der Waals surface area contributed by atoms with Crippen molar-refractivity contribution in [2.75, 3.05) is 20.2 Å². The molecule has 90 valence electrons. The number of hydrogen-bond donors (Lipinski definition) is 1. The Morgan fingerprint density at radius 3 is 2.47 bits per heavy atom. The van der Waals surface area contributed by atoms with Crippen molar-refractivity contribution in [1.82, 2.24) is 4.90 Å². The van der Waals surface area contributed by atoms with Crippen molar-refractivity contribution in [2.45, 2.75) is 38.3 Å². The molecule has 5 heteroatoms. The van der Waals surface area contributed by atoms with Crippen LogP contribution in [-0.2, 0) is 9.53 Å². The van der Waals surface area contributed by atoms with Gasteiger partial charge in [-0.15, -0.1) is 12.4 Å². The van der Waals surface area contributed by atoms with E-state index >= 15 is 0 Å². The number of hydrogen-bond acceptors (Lipinski definition) is 3. The third-order valence-electron chi connectivity index (χ3n) is 2.91. The van der Waals surface area contributed by atoms with E-state index in [4.69, 9.17) is 10.5 Å². The number of likely N-dealkylation sites (N-methyl/N-ethyl adjacent to an activating group) is 1. The van der Waals surface area contributed by atoms with E-state index in [0.29, 0.717) is 6.04 Å². The predicted octanol–water partition coefficient (Wildman–Crippen LogP) is 0.783. The van der Waals surface area contributed by atoms with Crippen LogP contribution in [0.15, 0.2) is 0 Å². The van der Waals surface area contributed by atoms with Gasteiger partial charge in [0.05, 0.1) is 0 Å². The Kier molecular flexibility index (Phi) is 6.89. The van der Waals surface area contributed by atoms with Crippen LogP contribution in [-0.4, -0.2) is 43.2 Å². The molecule has 1 amide bonds. The van der Waals surface area contributed by atoms with Crippen molar-refractivity contribution in [1.29, 1.82) is 0 Å². The third kappa shape index (κ3) is 3.33. The van der Waals surface area contributed by atoms with Gasteiger partial charge in [0.1, 0.15) is 6.10 Å². The lowest BCUT2D eigenvalue weighted by molar-refractivity contribution is -0.145. The zero-order chi connectivity index (χ0) is 10.6. The minimum atomic E-state index is -0.462. The lowest BCUT2D eigenvalue weighted by Crippen LogP contribution is -2.50. The fourth-order valence-electron chi connectivity index (χ4n) is 1.78. The van der Waals surface area contributed by atoms with E-state index in [1.54, 1.807) is 0 Å². The third-order valence-corrected chi connectivity index (χ3v) is 2.91. The first-order valence-electron chi connectivity index (χ1n) is 5.27. The number of methoxy groups -OCH3 is 1. The summed E-state index contributed by atoms with van der Waals surface area (Å²) in [7, 11) is 1.53. The largest absolute Gasteiger partial charge is 0.370 e.